The molecule has 0 fully saturated rings. The van der Waals surface area contributed by atoms with Gasteiger partial charge in [0.05, 0.1) is 5.69 Å². The predicted molar refractivity (Wildman–Crippen MR) is 59.2 cm³/mol. The van der Waals surface area contributed by atoms with E-state index in [1.807, 2.05) is 6.92 Å². The van der Waals surface area contributed by atoms with Crippen molar-refractivity contribution < 1.29 is 9.52 Å². The van der Waals surface area contributed by atoms with E-state index in [1.54, 1.807) is 13.2 Å². The predicted octanol–water partition coefficient (Wildman–Crippen LogP) is 2.08. The van der Waals surface area contributed by atoms with Gasteiger partial charge in [-0.1, -0.05) is 11.8 Å². The molecule has 0 atom stereocenters. The molecule has 2 heterocycles. The van der Waals surface area contributed by atoms with E-state index in [2.05, 4.69) is 15.0 Å². The van der Waals surface area contributed by atoms with Crippen LogP contribution in [0, 0.1) is 13.8 Å². The first-order valence-corrected chi connectivity index (χ1v) is 5.70. The summed E-state index contributed by atoms with van der Waals surface area (Å²) in [5.41, 5.74) is 1.58. The number of thioether (sulfide) groups is 1. The van der Waals surface area contributed by atoms with Gasteiger partial charge in [0, 0.05) is 24.4 Å². The second kappa shape index (κ2) is 4.52. The van der Waals surface area contributed by atoms with Crippen LogP contribution in [0.15, 0.2) is 21.9 Å². The Kier molecular flexibility index (Phi) is 3.09. The van der Waals surface area contributed by atoms with Gasteiger partial charge < -0.3 is 9.52 Å². The fourth-order valence-corrected chi connectivity index (χ4v) is 1.98. The third-order valence-corrected chi connectivity index (χ3v) is 2.72. The van der Waals surface area contributed by atoms with Crippen LogP contribution in [0.3, 0.4) is 0 Å². The molecule has 0 amide bonds. The molecule has 0 aliphatic carbocycles. The molecule has 2 aromatic rings. The summed E-state index contributed by atoms with van der Waals surface area (Å²) in [5, 5.41) is 9.84. The summed E-state index contributed by atoms with van der Waals surface area (Å²) in [7, 11) is 0. The summed E-state index contributed by atoms with van der Waals surface area (Å²) in [6, 6.07) is 1.52. The van der Waals surface area contributed by atoms with E-state index in [0.717, 1.165) is 11.4 Å². The maximum absolute atomic E-state index is 9.30. The topological polar surface area (TPSA) is 72.0 Å². The Morgan fingerprint density at radius 3 is 2.75 bits per heavy atom. The molecule has 0 radical (unpaired) electrons. The van der Waals surface area contributed by atoms with Crippen LogP contribution in [0.5, 0.6) is 5.88 Å². The number of nitrogens with zero attached hydrogens (tertiary/aromatic N) is 3. The quantitative estimate of drug-likeness (QED) is 0.651. The first-order chi connectivity index (χ1) is 7.63. The first-order valence-electron chi connectivity index (χ1n) is 4.72. The monoisotopic (exact) mass is 237 g/mol. The van der Waals surface area contributed by atoms with Crippen molar-refractivity contribution in [3.63, 3.8) is 0 Å². The molecular weight excluding hydrogens is 226 g/mol. The van der Waals surface area contributed by atoms with E-state index in [0.29, 0.717) is 16.8 Å². The van der Waals surface area contributed by atoms with Crippen molar-refractivity contribution in [1.82, 2.24) is 15.0 Å². The number of aryl methyl sites for hydroxylation is 2. The zero-order valence-electron chi connectivity index (χ0n) is 8.97. The zero-order valence-corrected chi connectivity index (χ0v) is 9.78. The van der Waals surface area contributed by atoms with Crippen LogP contribution in [0.4, 0.5) is 0 Å². The van der Waals surface area contributed by atoms with Gasteiger partial charge in [-0.15, -0.1) is 0 Å². The molecule has 0 spiro atoms. The lowest BCUT2D eigenvalue weighted by Crippen LogP contribution is -1.90. The summed E-state index contributed by atoms with van der Waals surface area (Å²) in [6.45, 7) is 3.61. The zero-order chi connectivity index (χ0) is 11.5. The minimum absolute atomic E-state index is 0.00802. The van der Waals surface area contributed by atoms with Gasteiger partial charge in [0.25, 0.3) is 0 Å². The Morgan fingerprint density at radius 2 is 2.12 bits per heavy atom. The van der Waals surface area contributed by atoms with Crippen LogP contribution in [-0.2, 0) is 5.75 Å². The van der Waals surface area contributed by atoms with Crippen molar-refractivity contribution in [3.05, 3.63) is 29.6 Å². The van der Waals surface area contributed by atoms with E-state index in [-0.39, 0.29) is 5.88 Å². The number of hydrogen-bond acceptors (Lipinski definition) is 6. The molecule has 0 bridgehead atoms. The summed E-state index contributed by atoms with van der Waals surface area (Å²) in [6.07, 6.45) is 1.61. The Bertz CT molecular complexity index is 478. The lowest BCUT2D eigenvalue weighted by molar-refractivity contribution is 0.444. The standard InChI is InChI=1S/C10H11N3O2S/c1-6-3-9(14)13-10(11-6)16-5-8-4-15-7(2)12-8/h3-4H,5H2,1-2H3,(H,11,13,14). The normalized spacial score (nSPS) is 10.6. The second-order valence-electron chi connectivity index (χ2n) is 3.30. The van der Waals surface area contributed by atoms with Crippen LogP contribution in [0.25, 0.3) is 0 Å². The summed E-state index contributed by atoms with van der Waals surface area (Å²) in [5.74, 6) is 1.26. The van der Waals surface area contributed by atoms with Gasteiger partial charge in [0.2, 0.25) is 5.88 Å². The average molecular weight is 237 g/mol. The molecule has 2 rings (SSSR count). The molecule has 0 unspecified atom stereocenters. The molecule has 1 N–H and O–H groups in total. The minimum Gasteiger partial charge on any atom is -0.493 e. The third-order valence-electron chi connectivity index (χ3n) is 1.84. The van der Waals surface area contributed by atoms with Crippen molar-refractivity contribution in [1.29, 1.82) is 0 Å². The molecular formula is C10H11N3O2S. The smallest absolute Gasteiger partial charge is 0.215 e. The highest BCUT2D eigenvalue weighted by atomic mass is 32.2. The first kappa shape index (κ1) is 10.9. The fraction of sp³-hybridized carbons (Fsp3) is 0.300. The molecule has 0 saturated heterocycles. The van der Waals surface area contributed by atoms with E-state index in [1.165, 1.54) is 17.8 Å². The minimum atomic E-state index is -0.00802. The van der Waals surface area contributed by atoms with Gasteiger partial charge in [-0.2, -0.15) is 4.98 Å². The highest BCUT2D eigenvalue weighted by molar-refractivity contribution is 7.98. The molecule has 0 aromatic carbocycles. The number of aromatic hydroxyl groups is 1. The van der Waals surface area contributed by atoms with E-state index in [9.17, 15) is 5.11 Å². The Hall–Kier alpha value is -1.56. The largest absolute Gasteiger partial charge is 0.493 e. The van der Waals surface area contributed by atoms with Crippen LogP contribution >= 0.6 is 11.8 Å². The second-order valence-corrected chi connectivity index (χ2v) is 4.24. The SMILES string of the molecule is Cc1cc(O)nc(SCc2coc(C)n2)n1. The molecule has 6 heteroatoms. The lowest BCUT2D eigenvalue weighted by Gasteiger charge is -1.99. The molecule has 84 valence electrons. The average Bonchev–Trinajstić information content (AvgIpc) is 2.60. The molecule has 0 aliphatic rings. The van der Waals surface area contributed by atoms with Crippen LogP contribution in [-0.4, -0.2) is 20.1 Å². The molecule has 2 aromatic heterocycles. The lowest BCUT2D eigenvalue weighted by atomic mass is 10.4. The van der Waals surface area contributed by atoms with Crippen molar-refractivity contribution in [2.75, 3.05) is 0 Å². The van der Waals surface area contributed by atoms with Crippen LogP contribution < -0.4 is 0 Å². The molecule has 5 nitrogen and oxygen atoms in total. The third kappa shape index (κ3) is 2.73. The van der Waals surface area contributed by atoms with Gasteiger partial charge in [0.15, 0.2) is 11.0 Å². The fourth-order valence-electron chi connectivity index (χ4n) is 1.20. The van der Waals surface area contributed by atoms with Crippen LogP contribution in [0.1, 0.15) is 17.3 Å². The van der Waals surface area contributed by atoms with Crippen molar-refractivity contribution in [3.8, 4) is 5.88 Å². The van der Waals surface area contributed by atoms with Gasteiger partial charge >= 0.3 is 0 Å². The number of aromatic nitrogens is 3. The summed E-state index contributed by atoms with van der Waals surface area (Å²) < 4.78 is 5.09. The maximum Gasteiger partial charge on any atom is 0.215 e. The number of hydrogen-bond donors (Lipinski definition) is 1. The Labute approximate surface area is 97.0 Å². The van der Waals surface area contributed by atoms with Gasteiger partial charge in [-0.25, -0.2) is 9.97 Å². The number of rotatable bonds is 3. The summed E-state index contributed by atoms with van der Waals surface area (Å²) >= 11 is 1.41. The molecule has 0 saturated carbocycles. The highest BCUT2D eigenvalue weighted by Gasteiger charge is 2.05. The van der Waals surface area contributed by atoms with E-state index < -0.39 is 0 Å². The highest BCUT2D eigenvalue weighted by Crippen LogP contribution is 2.20. The number of oxazole rings is 1. The van der Waals surface area contributed by atoms with Gasteiger partial charge in [0.1, 0.15) is 6.26 Å². The molecule has 16 heavy (non-hydrogen) atoms. The van der Waals surface area contributed by atoms with Gasteiger partial charge in [-0.3, -0.25) is 0 Å². The summed E-state index contributed by atoms with van der Waals surface area (Å²) in [4.78, 5) is 12.3. The van der Waals surface area contributed by atoms with Crippen LogP contribution in [0.2, 0.25) is 0 Å². The van der Waals surface area contributed by atoms with E-state index >= 15 is 0 Å². The van der Waals surface area contributed by atoms with Crippen molar-refractivity contribution in [2.45, 2.75) is 24.8 Å². The van der Waals surface area contributed by atoms with Gasteiger partial charge in [-0.05, 0) is 6.92 Å². The van der Waals surface area contributed by atoms with Crippen molar-refractivity contribution in [2.24, 2.45) is 0 Å². The Morgan fingerprint density at radius 1 is 1.31 bits per heavy atom. The molecule has 0 aliphatic heterocycles. The van der Waals surface area contributed by atoms with Crippen molar-refractivity contribution >= 4 is 11.8 Å². The Balaban J connectivity index is 2.04. The van der Waals surface area contributed by atoms with E-state index in [4.69, 9.17) is 4.42 Å². The maximum atomic E-state index is 9.30.